The second-order valence-corrected chi connectivity index (χ2v) is 8.33. The van der Waals surface area contributed by atoms with E-state index in [-0.39, 0.29) is 10.0 Å². The molecule has 0 amide bonds. The topological polar surface area (TPSA) is 109 Å². The number of nitrogens with two attached hydrogens (primary N) is 1. The van der Waals surface area contributed by atoms with Gasteiger partial charge in [-0.05, 0) is 48.5 Å². The van der Waals surface area contributed by atoms with Crippen LogP contribution in [-0.2, 0) is 10.0 Å². The largest absolute Gasteiger partial charge is 0.308 e. The van der Waals surface area contributed by atoms with Gasteiger partial charge in [0.2, 0.25) is 0 Å². The van der Waals surface area contributed by atoms with Crippen molar-refractivity contribution < 1.29 is 12.8 Å². The Hall–Kier alpha value is -2.82. The van der Waals surface area contributed by atoms with Gasteiger partial charge in [0.05, 0.1) is 6.20 Å². The molecule has 0 unspecified atom stereocenters. The molecule has 0 aliphatic carbocycles. The predicted octanol–water partition coefficient (Wildman–Crippen LogP) is 2.59. The smallest absolute Gasteiger partial charge is 0.273 e. The van der Waals surface area contributed by atoms with Crippen molar-refractivity contribution in [3.63, 3.8) is 0 Å². The number of aliphatic imine (C=N–C) groups is 1. The number of hydrazine groups is 1. The van der Waals surface area contributed by atoms with E-state index in [1.54, 1.807) is 43.4 Å². The van der Waals surface area contributed by atoms with Gasteiger partial charge in [-0.25, -0.2) is 23.6 Å². The molecule has 3 rings (SSSR count). The van der Waals surface area contributed by atoms with E-state index in [9.17, 15) is 12.8 Å². The molecule has 0 radical (unpaired) electrons. The van der Waals surface area contributed by atoms with Crippen molar-refractivity contribution in [2.75, 3.05) is 11.8 Å². The van der Waals surface area contributed by atoms with Gasteiger partial charge >= 0.3 is 0 Å². The number of nitrogens with one attached hydrogen (secondary N) is 2. The molecule has 1 heterocycles. The van der Waals surface area contributed by atoms with Gasteiger partial charge in [-0.2, -0.15) is 0 Å². The fourth-order valence-corrected chi connectivity index (χ4v) is 4.48. The zero-order chi connectivity index (χ0) is 19.4. The highest BCUT2D eigenvalue weighted by Crippen LogP contribution is 2.29. The molecule has 0 fully saturated rings. The fourth-order valence-electron chi connectivity index (χ4n) is 2.29. The van der Waals surface area contributed by atoms with E-state index >= 15 is 0 Å². The molecule has 0 atom stereocenters. The van der Waals surface area contributed by atoms with E-state index in [4.69, 9.17) is 5.84 Å². The zero-order valence-electron chi connectivity index (χ0n) is 14.2. The number of nitrogens with zero attached hydrogens (tertiary/aromatic N) is 2. The number of amidine groups is 1. The standard InChI is InChI=1S/C17H16FN5O2S2/c1-20-16(22-19)11-4-8-14(9-5-11)23-27(24,25)15-10-21-17(26-15)12-2-6-13(18)7-3-12/h2-10,23H,19H2,1H3,(H,20,22). The molecule has 3 aromatic rings. The molecule has 7 nitrogen and oxygen atoms in total. The third-order valence-corrected chi connectivity index (χ3v) is 6.50. The van der Waals surface area contributed by atoms with Crippen LogP contribution in [0.1, 0.15) is 5.56 Å². The van der Waals surface area contributed by atoms with E-state index in [0.717, 1.165) is 16.9 Å². The average Bonchev–Trinajstić information content (AvgIpc) is 3.16. The summed E-state index contributed by atoms with van der Waals surface area (Å²) < 4.78 is 40.7. The molecule has 0 saturated heterocycles. The van der Waals surface area contributed by atoms with Crippen molar-refractivity contribution in [2.24, 2.45) is 10.8 Å². The van der Waals surface area contributed by atoms with Gasteiger partial charge in [0.1, 0.15) is 16.7 Å². The van der Waals surface area contributed by atoms with Gasteiger partial charge in [0.15, 0.2) is 4.21 Å². The van der Waals surface area contributed by atoms with Crippen molar-refractivity contribution >= 4 is 32.9 Å². The SMILES string of the molecule is CN=C(NN)c1ccc(NS(=O)(=O)c2cnc(-c3ccc(F)cc3)s2)cc1. The summed E-state index contributed by atoms with van der Waals surface area (Å²) in [5.41, 5.74) is 4.22. The Morgan fingerprint density at radius 1 is 1.15 bits per heavy atom. The highest BCUT2D eigenvalue weighted by molar-refractivity contribution is 7.94. The third kappa shape index (κ3) is 4.30. The summed E-state index contributed by atoms with van der Waals surface area (Å²) in [6, 6.07) is 12.3. The Labute approximate surface area is 159 Å². The van der Waals surface area contributed by atoms with E-state index in [0.29, 0.717) is 22.1 Å². The number of sulfonamides is 1. The molecule has 0 aliphatic rings. The summed E-state index contributed by atoms with van der Waals surface area (Å²) in [4.78, 5) is 8.10. The quantitative estimate of drug-likeness (QED) is 0.262. The summed E-state index contributed by atoms with van der Waals surface area (Å²) in [5, 5.41) is 0.489. The van der Waals surface area contributed by atoms with Crippen molar-refractivity contribution in [1.82, 2.24) is 10.4 Å². The summed E-state index contributed by atoms with van der Waals surface area (Å²) in [6.45, 7) is 0. The maximum atomic E-state index is 13.0. The Morgan fingerprint density at radius 2 is 1.81 bits per heavy atom. The van der Waals surface area contributed by atoms with Crippen LogP contribution in [0.5, 0.6) is 0 Å². The van der Waals surface area contributed by atoms with Crippen LogP contribution in [0, 0.1) is 5.82 Å². The number of benzene rings is 2. The van der Waals surface area contributed by atoms with E-state index in [2.05, 4.69) is 20.1 Å². The number of anilines is 1. The normalized spacial score (nSPS) is 12.0. The first-order valence-corrected chi connectivity index (χ1v) is 10.0. The van der Waals surface area contributed by atoms with Crippen LogP contribution in [0.25, 0.3) is 10.6 Å². The molecule has 27 heavy (non-hydrogen) atoms. The molecule has 10 heteroatoms. The van der Waals surface area contributed by atoms with Crippen molar-refractivity contribution in [2.45, 2.75) is 4.21 Å². The lowest BCUT2D eigenvalue weighted by molar-refractivity contribution is 0.603. The van der Waals surface area contributed by atoms with Gasteiger partial charge < -0.3 is 5.43 Å². The third-order valence-electron chi connectivity index (χ3n) is 3.61. The predicted molar refractivity (Wildman–Crippen MR) is 105 cm³/mol. The van der Waals surface area contributed by atoms with E-state index < -0.39 is 10.0 Å². The van der Waals surface area contributed by atoms with Crippen LogP contribution >= 0.6 is 11.3 Å². The van der Waals surface area contributed by atoms with Gasteiger partial charge in [0, 0.05) is 23.9 Å². The number of aromatic nitrogens is 1. The second-order valence-electron chi connectivity index (χ2n) is 5.39. The molecule has 0 aliphatic heterocycles. The van der Waals surface area contributed by atoms with Gasteiger partial charge in [-0.15, -0.1) is 11.3 Å². The van der Waals surface area contributed by atoms with Gasteiger partial charge in [0.25, 0.3) is 10.0 Å². The van der Waals surface area contributed by atoms with E-state index in [1.807, 2.05) is 0 Å². The van der Waals surface area contributed by atoms with Crippen LogP contribution < -0.4 is 16.0 Å². The minimum atomic E-state index is -3.79. The van der Waals surface area contributed by atoms with Crippen molar-refractivity contribution in [3.05, 3.63) is 66.1 Å². The van der Waals surface area contributed by atoms with Crippen LogP contribution in [0.15, 0.2) is 63.9 Å². The number of thiazole rings is 1. The van der Waals surface area contributed by atoms with Crippen LogP contribution in [0.3, 0.4) is 0 Å². The molecular weight excluding hydrogens is 389 g/mol. The number of rotatable bonds is 5. The molecular formula is C17H16FN5O2S2. The lowest BCUT2D eigenvalue weighted by atomic mass is 10.2. The van der Waals surface area contributed by atoms with Gasteiger partial charge in [-0.1, -0.05) is 0 Å². The Morgan fingerprint density at radius 3 is 2.41 bits per heavy atom. The molecule has 140 valence electrons. The highest BCUT2D eigenvalue weighted by Gasteiger charge is 2.19. The fraction of sp³-hybridized carbons (Fsp3) is 0.0588. The molecule has 4 N–H and O–H groups in total. The number of halogens is 1. The maximum absolute atomic E-state index is 13.0. The van der Waals surface area contributed by atoms with Crippen LogP contribution in [0.4, 0.5) is 10.1 Å². The van der Waals surface area contributed by atoms with Crippen molar-refractivity contribution in [3.8, 4) is 10.6 Å². The maximum Gasteiger partial charge on any atom is 0.273 e. The first kappa shape index (κ1) is 19.0. The van der Waals surface area contributed by atoms with E-state index in [1.165, 1.54) is 18.3 Å². The molecule has 2 aromatic carbocycles. The minimum absolute atomic E-state index is 0.0605. The van der Waals surface area contributed by atoms with Crippen LogP contribution in [0.2, 0.25) is 0 Å². The lowest BCUT2D eigenvalue weighted by Gasteiger charge is -2.08. The molecule has 0 saturated carbocycles. The Bertz CT molecular complexity index is 1060. The lowest BCUT2D eigenvalue weighted by Crippen LogP contribution is -2.30. The summed E-state index contributed by atoms with van der Waals surface area (Å²) in [6.07, 6.45) is 1.28. The van der Waals surface area contributed by atoms with Gasteiger partial charge in [-0.3, -0.25) is 9.71 Å². The highest BCUT2D eigenvalue weighted by atomic mass is 32.2. The summed E-state index contributed by atoms with van der Waals surface area (Å²) in [5.74, 6) is 5.49. The summed E-state index contributed by atoms with van der Waals surface area (Å²) >= 11 is 1.00. The average molecular weight is 405 g/mol. The van der Waals surface area contributed by atoms with Crippen molar-refractivity contribution in [1.29, 1.82) is 0 Å². The molecule has 1 aromatic heterocycles. The number of hydrogen-bond donors (Lipinski definition) is 3. The Kier molecular flexibility index (Phi) is 5.49. The molecule has 0 spiro atoms. The minimum Gasteiger partial charge on any atom is -0.308 e. The first-order chi connectivity index (χ1) is 12.9. The monoisotopic (exact) mass is 405 g/mol. The molecule has 0 bridgehead atoms. The van der Waals surface area contributed by atoms with Crippen LogP contribution in [-0.4, -0.2) is 26.3 Å². The zero-order valence-corrected chi connectivity index (χ0v) is 15.8. The Balaban J connectivity index is 1.80. The summed E-state index contributed by atoms with van der Waals surface area (Å²) in [7, 11) is -2.20. The number of hydrogen-bond acceptors (Lipinski definition) is 6. The first-order valence-electron chi connectivity index (χ1n) is 7.71. The second kappa shape index (κ2) is 7.82.